The molecule has 0 aliphatic carbocycles. The van der Waals surface area contributed by atoms with Gasteiger partial charge in [-0.3, -0.25) is 0 Å². The third-order valence-corrected chi connectivity index (χ3v) is 1.41. The predicted molar refractivity (Wildman–Crippen MR) is 29.3 cm³/mol. The third-order valence-electron chi connectivity index (χ3n) is 0.436. The molecule has 0 nitrogen and oxygen atoms in total. The smallest absolute Gasteiger partial charge is 0.0752 e. The van der Waals surface area contributed by atoms with Crippen LogP contribution in [0.1, 0.15) is 0 Å². The summed E-state index contributed by atoms with van der Waals surface area (Å²) in [6.45, 7) is 0. The van der Waals surface area contributed by atoms with Gasteiger partial charge in [0, 0.05) is 24.9 Å². The average Bonchev–Trinajstić information content (AvgIpc) is 1.86. The predicted octanol–water partition coefficient (Wildman–Crippen LogP) is -0.868. The molecule has 0 fully saturated rings. The first kappa shape index (κ1) is 12.0. The van der Waals surface area contributed by atoms with E-state index >= 15 is 0 Å². The molecule has 8 heavy (non-hydrogen) atoms. The molecule has 1 radical (unpaired) electrons. The Morgan fingerprint density at radius 2 is 2.25 bits per heavy atom. The first-order chi connectivity index (χ1) is 2.89. The maximum absolute atomic E-state index is 5.41. The van der Waals surface area contributed by atoms with Crippen molar-refractivity contribution in [2.45, 2.75) is 0 Å². The van der Waals surface area contributed by atoms with E-state index in [1.807, 2.05) is 11.2 Å². The van der Waals surface area contributed by atoms with Crippen LogP contribution in [0.4, 0.5) is 0 Å². The summed E-state index contributed by atoms with van der Waals surface area (Å²) < 4.78 is 0. The molecule has 0 saturated heterocycles. The van der Waals surface area contributed by atoms with E-state index in [1.165, 1.54) is 0 Å². The molecule has 1 aliphatic rings. The molecule has 0 saturated carbocycles. The molecule has 0 amide bonds. The standard InChI is InChI=1S/C4H2ClS.BrH.Zn/c5-4-1-2-6-3-4;;/h2-3H;1H;/p-1. The molecule has 1 rings (SSSR count). The van der Waals surface area contributed by atoms with Crippen molar-refractivity contribution in [3.8, 4) is 0 Å². The van der Waals surface area contributed by atoms with E-state index in [0.717, 1.165) is 0 Å². The summed E-state index contributed by atoms with van der Waals surface area (Å²) in [7, 11) is 0. The fourth-order valence-electron chi connectivity index (χ4n) is 0.218. The fourth-order valence-corrected chi connectivity index (χ4v) is 0.942. The van der Waals surface area contributed by atoms with Crippen LogP contribution in [0.3, 0.4) is 0 Å². The van der Waals surface area contributed by atoms with Crippen LogP contribution in [0.15, 0.2) is 16.2 Å². The molecule has 0 N–H and O–H groups in total. The maximum atomic E-state index is 5.41. The Morgan fingerprint density at radius 1 is 1.62 bits per heavy atom. The van der Waals surface area contributed by atoms with Crippen LogP contribution in [0, 0.1) is 5.75 Å². The SMILES string of the molecule is ClC1=C=CS[CH]1.[Br-].[Zn]. The number of hydrogen-bond donors (Lipinski definition) is 0. The molecule has 1 aliphatic heterocycles. The zero-order valence-electron chi connectivity index (χ0n) is 4.03. The molecule has 0 atom stereocenters. The van der Waals surface area contributed by atoms with Crippen LogP contribution in [0.25, 0.3) is 0 Å². The van der Waals surface area contributed by atoms with E-state index in [0.29, 0.717) is 5.03 Å². The summed E-state index contributed by atoms with van der Waals surface area (Å²) in [5.41, 5.74) is 2.78. The van der Waals surface area contributed by atoms with Crippen molar-refractivity contribution in [1.82, 2.24) is 0 Å². The summed E-state index contributed by atoms with van der Waals surface area (Å²) in [5, 5.41) is 2.53. The molecule has 1 heterocycles. The molecule has 0 aromatic carbocycles. The summed E-state index contributed by atoms with van der Waals surface area (Å²) in [6.07, 6.45) is 0. The van der Waals surface area contributed by atoms with Gasteiger partial charge in [0.2, 0.25) is 0 Å². The second-order valence-electron chi connectivity index (χ2n) is 0.864. The summed E-state index contributed by atoms with van der Waals surface area (Å²) >= 11 is 6.96. The second kappa shape index (κ2) is 6.38. The number of hydrogen-bond acceptors (Lipinski definition) is 1. The van der Waals surface area contributed by atoms with E-state index < -0.39 is 0 Å². The van der Waals surface area contributed by atoms with Crippen LogP contribution < -0.4 is 17.0 Å². The summed E-state index contributed by atoms with van der Waals surface area (Å²) in [6, 6.07) is 0. The molecule has 0 aromatic heterocycles. The van der Waals surface area contributed by atoms with E-state index in [4.69, 9.17) is 11.6 Å². The van der Waals surface area contributed by atoms with Gasteiger partial charge in [-0.05, 0) is 0 Å². The van der Waals surface area contributed by atoms with Crippen molar-refractivity contribution in [2.24, 2.45) is 0 Å². The zero-order chi connectivity index (χ0) is 4.41. The van der Waals surface area contributed by atoms with Gasteiger partial charge in [-0.25, -0.2) is 0 Å². The molecule has 0 spiro atoms. The van der Waals surface area contributed by atoms with Crippen molar-refractivity contribution in [2.75, 3.05) is 0 Å². The minimum Gasteiger partial charge on any atom is -1.00 e. The largest absolute Gasteiger partial charge is 1.00 e. The molecular weight excluding hydrogens is 261 g/mol. The Morgan fingerprint density at radius 3 is 2.38 bits per heavy atom. The Balaban J connectivity index is 0. The Kier molecular flexibility index (Phi) is 9.57. The van der Waals surface area contributed by atoms with Gasteiger partial charge < -0.3 is 17.0 Å². The quantitative estimate of drug-likeness (QED) is 0.404. The second-order valence-corrected chi connectivity index (χ2v) is 2.01. The Labute approximate surface area is 81.3 Å². The minimum absolute atomic E-state index is 0. The molecule has 0 aromatic rings. The molecule has 41 valence electrons. The van der Waals surface area contributed by atoms with Gasteiger partial charge >= 0.3 is 0 Å². The first-order valence-corrected chi connectivity index (χ1v) is 2.81. The minimum atomic E-state index is 0. The Hall–Kier alpha value is 1.26. The van der Waals surface area contributed by atoms with E-state index in [-0.39, 0.29) is 36.5 Å². The van der Waals surface area contributed by atoms with Gasteiger partial charge in [0.15, 0.2) is 0 Å². The van der Waals surface area contributed by atoms with Gasteiger partial charge in [0.25, 0.3) is 0 Å². The number of thioether (sulfide) groups is 1. The van der Waals surface area contributed by atoms with Gasteiger partial charge in [0.1, 0.15) is 0 Å². The van der Waals surface area contributed by atoms with Crippen molar-refractivity contribution in [3.05, 3.63) is 21.9 Å². The average molecular weight is 263 g/mol. The van der Waals surface area contributed by atoms with Crippen LogP contribution in [-0.4, -0.2) is 0 Å². The van der Waals surface area contributed by atoms with E-state index in [2.05, 4.69) is 5.73 Å². The molecule has 0 bridgehead atoms. The third kappa shape index (κ3) is 4.17. The van der Waals surface area contributed by atoms with Gasteiger partial charge in [0.05, 0.1) is 10.8 Å². The van der Waals surface area contributed by atoms with Crippen molar-refractivity contribution in [1.29, 1.82) is 0 Å². The topological polar surface area (TPSA) is 0 Å². The number of rotatable bonds is 0. The monoisotopic (exact) mass is 260 g/mol. The molecule has 0 unspecified atom stereocenters. The van der Waals surface area contributed by atoms with Gasteiger partial charge in [-0.15, -0.1) is 11.8 Å². The van der Waals surface area contributed by atoms with Crippen molar-refractivity contribution in [3.63, 3.8) is 0 Å². The number of halogens is 2. The molecule has 4 heteroatoms. The van der Waals surface area contributed by atoms with Crippen molar-refractivity contribution < 1.29 is 36.5 Å². The zero-order valence-corrected chi connectivity index (χ0v) is 10.2. The Bertz CT molecular complexity index is 119. The molecular formula is C4H2BrClSZn-. The van der Waals surface area contributed by atoms with E-state index in [1.54, 1.807) is 11.8 Å². The first-order valence-electron chi connectivity index (χ1n) is 1.49. The van der Waals surface area contributed by atoms with Gasteiger partial charge in [-0.2, -0.15) is 0 Å². The van der Waals surface area contributed by atoms with Crippen molar-refractivity contribution >= 4 is 23.4 Å². The normalized spacial score (nSPS) is 13.9. The van der Waals surface area contributed by atoms with Crippen LogP contribution in [-0.2, 0) is 19.5 Å². The van der Waals surface area contributed by atoms with Crippen LogP contribution >= 0.6 is 23.4 Å². The van der Waals surface area contributed by atoms with Crippen LogP contribution in [0.2, 0.25) is 0 Å². The van der Waals surface area contributed by atoms with Crippen LogP contribution in [0.5, 0.6) is 0 Å². The fraction of sp³-hybridized carbons (Fsp3) is 0. The van der Waals surface area contributed by atoms with E-state index in [9.17, 15) is 0 Å². The summed E-state index contributed by atoms with van der Waals surface area (Å²) in [5.74, 6) is 1.83. The summed E-state index contributed by atoms with van der Waals surface area (Å²) in [4.78, 5) is 0. The maximum Gasteiger partial charge on any atom is 0.0752 e. The van der Waals surface area contributed by atoms with Gasteiger partial charge in [-0.1, -0.05) is 17.3 Å².